The van der Waals surface area contributed by atoms with E-state index in [2.05, 4.69) is 17.2 Å². The summed E-state index contributed by atoms with van der Waals surface area (Å²) in [6, 6.07) is 10.2. The smallest absolute Gasteiger partial charge is 0.291 e. The summed E-state index contributed by atoms with van der Waals surface area (Å²) in [6.45, 7) is 3.83. The van der Waals surface area contributed by atoms with Gasteiger partial charge in [0.05, 0.1) is 13.4 Å². The molecule has 1 heterocycles. The van der Waals surface area contributed by atoms with E-state index in [-0.39, 0.29) is 18.0 Å². The Balaban J connectivity index is 2.23. The van der Waals surface area contributed by atoms with Crippen LogP contribution in [0.25, 0.3) is 6.08 Å². The van der Waals surface area contributed by atoms with Crippen LogP contribution in [0.3, 0.4) is 0 Å². The first kappa shape index (κ1) is 17.1. The molecule has 124 valence electrons. The van der Waals surface area contributed by atoms with Crippen molar-refractivity contribution in [3.63, 3.8) is 0 Å². The van der Waals surface area contributed by atoms with E-state index < -0.39 is 11.8 Å². The SMILES string of the molecule is C=CCNC(=O)/C(=C/c1ccc(OC)cc1)NC(=O)c1ccco1. The van der Waals surface area contributed by atoms with E-state index in [1.54, 1.807) is 49.6 Å². The molecule has 6 heteroatoms. The Labute approximate surface area is 139 Å². The lowest BCUT2D eigenvalue weighted by Crippen LogP contribution is -2.34. The van der Waals surface area contributed by atoms with Crippen LogP contribution in [0.5, 0.6) is 5.75 Å². The van der Waals surface area contributed by atoms with E-state index in [1.807, 2.05) is 0 Å². The molecule has 6 nitrogen and oxygen atoms in total. The van der Waals surface area contributed by atoms with Crippen molar-refractivity contribution in [1.29, 1.82) is 0 Å². The molecule has 0 aliphatic rings. The fourth-order valence-corrected chi connectivity index (χ4v) is 1.88. The average molecular weight is 326 g/mol. The van der Waals surface area contributed by atoms with Gasteiger partial charge in [-0.15, -0.1) is 6.58 Å². The van der Waals surface area contributed by atoms with Crippen molar-refractivity contribution in [2.45, 2.75) is 0 Å². The third kappa shape index (κ3) is 4.61. The number of nitrogens with one attached hydrogen (secondary N) is 2. The Kier molecular flexibility index (Phi) is 5.96. The highest BCUT2D eigenvalue weighted by Gasteiger charge is 2.15. The summed E-state index contributed by atoms with van der Waals surface area (Å²) in [5, 5.41) is 5.19. The molecular weight excluding hydrogens is 308 g/mol. The third-order valence-electron chi connectivity index (χ3n) is 3.07. The van der Waals surface area contributed by atoms with Crippen molar-refractivity contribution >= 4 is 17.9 Å². The predicted octanol–water partition coefficient (Wildman–Crippen LogP) is 2.36. The summed E-state index contributed by atoms with van der Waals surface area (Å²) in [4.78, 5) is 24.4. The van der Waals surface area contributed by atoms with Crippen LogP contribution in [0.15, 0.2) is 65.4 Å². The first-order valence-corrected chi connectivity index (χ1v) is 7.23. The molecule has 0 radical (unpaired) electrons. The number of rotatable bonds is 7. The fraction of sp³-hybridized carbons (Fsp3) is 0.111. The molecule has 0 aliphatic carbocycles. The van der Waals surface area contributed by atoms with Crippen molar-refractivity contribution < 1.29 is 18.7 Å². The van der Waals surface area contributed by atoms with E-state index in [9.17, 15) is 9.59 Å². The number of carbonyl (C=O) groups excluding carboxylic acids is 2. The van der Waals surface area contributed by atoms with Gasteiger partial charge in [-0.1, -0.05) is 18.2 Å². The zero-order valence-electron chi connectivity index (χ0n) is 13.2. The molecule has 2 aromatic rings. The second kappa shape index (κ2) is 8.38. The number of furan rings is 1. The standard InChI is InChI=1S/C18H18N2O4/c1-3-10-19-17(21)15(20-18(22)16-5-4-11-24-16)12-13-6-8-14(23-2)9-7-13/h3-9,11-12H,1,10H2,2H3,(H,19,21)(H,20,22)/b15-12-. The van der Waals surface area contributed by atoms with Gasteiger partial charge in [0, 0.05) is 6.54 Å². The lowest BCUT2D eigenvalue weighted by molar-refractivity contribution is -0.117. The molecule has 0 aliphatic heterocycles. The minimum absolute atomic E-state index is 0.100. The van der Waals surface area contributed by atoms with Crippen LogP contribution in [0, 0.1) is 0 Å². The zero-order chi connectivity index (χ0) is 17.4. The number of hydrogen-bond donors (Lipinski definition) is 2. The van der Waals surface area contributed by atoms with E-state index in [1.165, 1.54) is 12.3 Å². The summed E-state index contributed by atoms with van der Waals surface area (Å²) >= 11 is 0. The second-order valence-corrected chi connectivity index (χ2v) is 4.76. The van der Waals surface area contributed by atoms with Gasteiger partial charge >= 0.3 is 0 Å². The zero-order valence-corrected chi connectivity index (χ0v) is 13.2. The molecule has 1 aromatic heterocycles. The molecule has 0 saturated carbocycles. The van der Waals surface area contributed by atoms with Gasteiger partial charge in [-0.25, -0.2) is 0 Å². The van der Waals surface area contributed by atoms with Gasteiger partial charge in [-0.3, -0.25) is 9.59 Å². The van der Waals surface area contributed by atoms with Gasteiger partial charge in [0.2, 0.25) is 0 Å². The number of methoxy groups -OCH3 is 1. The van der Waals surface area contributed by atoms with Gasteiger partial charge in [-0.2, -0.15) is 0 Å². The third-order valence-corrected chi connectivity index (χ3v) is 3.07. The molecule has 0 fully saturated rings. The maximum absolute atomic E-state index is 12.2. The van der Waals surface area contributed by atoms with Crippen LogP contribution in [0.2, 0.25) is 0 Å². The van der Waals surface area contributed by atoms with E-state index in [0.717, 1.165) is 5.56 Å². The van der Waals surface area contributed by atoms with Crippen LogP contribution in [0.1, 0.15) is 16.1 Å². The minimum Gasteiger partial charge on any atom is -0.497 e. The van der Waals surface area contributed by atoms with E-state index in [0.29, 0.717) is 5.75 Å². The molecule has 1 aromatic carbocycles. The molecule has 0 atom stereocenters. The molecule has 0 bridgehead atoms. The van der Waals surface area contributed by atoms with E-state index in [4.69, 9.17) is 9.15 Å². The number of hydrogen-bond acceptors (Lipinski definition) is 4. The Hall–Kier alpha value is -3.28. The second-order valence-electron chi connectivity index (χ2n) is 4.76. The molecule has 24 heavy (non-hydrogen) atoms. The lowest BCUT2D eigenvalue weighted by atomic mass is 10.1. The lowest BCUT2D eigenvalue weighted by Gasteiger charge is -2.09. The molecular formula is C18H18N2O4. The number of ether oxygens (including phenoxy) is 1. The maximum atomic E-state index is 12.2. The molecule has 2 rings (SSSR count). The highest BCUT2D eigenvalue weighted by molar-refractivity contribution is 6.04. The quantitative estimate of drug-likeness (QED) is 0.604. The van der Waals surface area contributed by atoms with Crippen molar-refractivity contribution in [2.24, 2.45) is 0 Å². The van der Waals surface area contributed by atoms with Gasteiger partial charge in [-0.05, 0) is 35.9 Å². The molecule has 2 amide bonds. The Morgan fingerprint density at radius 3 is 2.58 bits per heavy atom. The monoisotopic (exact) mass is 326 g/mol. The van der Waals surface area contributed by atoms with Crippen LogP contribution < -0.4 is 15.4 Å². The summed E-state index contributed by atoms with van der Waals surface area (Å²) in [7, 11) is 1.57. The topological polar surface area (TPSA) is 80.6 Å². The number of amides is 2. The predicted molar refractivity (Wildman–Crippen MR) is 90.4 cm³/mol. The Morgan fingerprint density at radius 1 is 1.25 bits per heavy atom. The highest BCUT2D eigenvalue weighted by Crippen LogP contribution is 2.14. The first-order valence-electron chi connectivity index (χ1n) is 7.23. The number of carbonyl (C=O) groups is 2. The molecule has 0 saturated heterocycles. The van der Waals surface area contributed by atoms with Gasteiger partial charge in [0.25, 0.3) is 11.8 Å². The molecule has 0 unspecified atom stereocenters. The Morgan fingerprint density at radius 2 is 2.00 bits per heavy atom. The Bertz CT molecular complexity index is 731. The highest BCUT2D eigenvalue weighted by atomic mass is 16.5. The van der Waals surface area contributed by atoms with Crippen LogP contribution in [0.4, 0.5) is 0 Å². The van der Waals surface area contributed by atoms with Gasteiger partial charge < -0.3 is 19.8 Å². The van der Waals surface area contributed by atoms with E-state index >= 15 is 0 Å². The summed E-state index contributed by atoms with van der Waals surface area (Å²) in [6.07, 6.45) is 4.51. The largest absolute Gasteiger partial charge is 0.497 e. The number of benzene rings is 1. The summed E-state index contributed by atoms with van der Waals surface area (Å²) < 4.78 is 10.1. The van der Waals surface area contributed by atoms with Crippen molar-refractivity contribution in [2.75, 3.05) is 13.7 Å². The average Bonchev–Trinajstić information content (AvgIpc) is 3.14. The van der Waals surface area contributed by atoms with Crippen LogP contribution in [-0.4, -0.2) is 25.5 Å². The molecule has 2 N–H and O–H groups in total. The van der Waals surface area contributed by atoms with Crippen molar-refractivity contribution in [1.82, 2.24) is 10.6 Å². The van der Waals surface area contributed by atoms with Crippen molar-refractivity contribution in [3.05, 3.63) is 72.3 Å². The normalized spacial score (nSPS) is 10.8. The van der Waals surface area contributed by atoms with Crippen LogP contribution >= 0.6 is 0 Å². The molecule has 0 spiro atoms. The van der Waals surface area contributed by atoms with Crippen molar-refractivity contribution in [3.8, 4) is 5.75 Å². The maximum Gasteiger partial charge on any atom is 0.291 e. The van der Waals surface area contributed by atoms with Crippen LogP contribution in [-0.2, 0) is 4.79 Å². The summed E-state index contributed by atoms with van der Waals surface area (Å²) in [5.41, 5.74) is 0.836. The minimum atomic E-state index is -0.506. The van der Waals surface area contributed by atoms with Gasteiger partial charge in [0.15, 0.2) is 5.76 Å². The van der Waals surface area contributed by atoms with Gasteiger partial charge in [0.1, 0.15) is 11.4 Å². The first-order chi connectivity index (χ1) is 11.6. The fourth-order valence-electron chi connectivity index (χ4n) is 1.88. The summed E-state index contributed by atoms with van der Waals surface area (Å²) in [5.74, 6) is -0.115.